The van der Waals surface area contributed by atoms with Gasteiger partial charge in [0.2, 0.25) is 0 Å². The van der Waals surface area contributed by atoms with Gasteiger partial charge >= 0.3 is 5.97 Å². The van der Waals surface area contributed by atoms with Crippen molar-refractivity contribution in [1.29, 1.82) is 0 Å². The average molecular weight is 414 g/mol. The van der Waals surface area contributed by atoms with E-state index in [9.17, 15) is 9.90 Å². The van der Waals surface area contributed by atoms with Gasteiger partial charge in [0.25, 0.3) is 0 Å². The van der Waals surface area contributed by atoms with Crippen LogP contribution in [-0.4, -0.2) is 21.2 Å². The lowest BCUT2D eigenvalue weighted by Crippen LogP contribution is -2.37. The molecule has 0 radical (unpaired) electrons. The SMILES string of the molecule is CCCn1c(C)c(CCc2ccc(Cl)cc2)c2cc(OC(C)(C)C(=O)O)ccc21. The maximum absolute atomic E-state index is 11.4. The van der Waals surface area contributed by atoms with Gasteiger partial charge in [-0.2, -0.15) is 0 Å². The van der Waals surface area contributed by atoms with Gasteiger partial charge in [-0.15, -0.1) is 0 Å². The zero-order valence-corrected chi connectivity index (χ0v) is 18.2. The summed E-state index contributed by atoms with van der Waals surface area (Å²) in [6, 6.07) is 13.8. The molecule has 0 aliphatic carbocycles. The van der Waals surface area contributed by atoms with Crippen molar-refractivity contribution in [1.82, 2.24) is 4.57 Å². The molecule has 4 nitrogen and oxygen atoms in total. The van der Waals surface area contributed by atoms with E-state index in [1.54, 1.807) is 13.8 Å². The predicted molar refractivity (Wildman–Crippen MR) is 118 cm³/mol. The summed E-state index contributed by atoms with van der Waals surface area (Å²) in [6.07, 6.45) is 2.85. The molecule has 1 heterocycles. The minimum Gasteiger partial charge on any atom is -0.478 e. The molecule has 2 aromatic carbocycles. The second kappa shape index (κ2) is 8.50. The maximum Gasteiger partial charge on any atom is 0.347 e. The van der Waals surface area contributed by atoms with Gasteiger partial charge < -0.3 is 14.4 Å². The van der Waals surface area contributed by atoms with Crippen LogP contribution in [0.5, 0.6) is 5.75 Å². The van der Waals surface area contributed by atoms with E-state index < -0.39 is 11.6 Å². The Labute approximate surface area is 177 Å². The molecule has 0 saturated heterocycles. The Morgan fingerprint density at radius 2 is 1.83 bits per heavy atom. The molecule has 1 aromatic heterocycles. The molecule has 3 aromatic rings. The molecular formula is C24H28ClNO3. The molecule has 0 aliphatic heterocycles. The number of carbonyl (C=O) groups is 1. The lowest BCUT2D eigenvalue weighted by atomic mass is 10.0. The van der Waals surface area contributed by atoms with Gasteiger partial charge in [0.1, 0.15) is 5.75 Å². The number of nitrogens with zero attached hydrogens (tertiary/aromatic N) is 1. The highest BCUT2D eigenvalue weighted by molar-refractivity contribution is 6.30. The zero-order chi connectivity index (χ0) is 21.2. The van der Waals surface area contributed by atoms with E-state index in [1.807, 2.05) is 30.3 Å². The molecule has 0 saturated carbocycles. The molecule has 0 spiro atoms. The monoisotopic (exact) mass is 413 g/mol. The molecule has 29 heavy (non-hydrogen) atoms. The van der Waals surface area contributed by atoms with Crippen LogP contribution in [0.3, 0.4) is 0 Å². The van der Waals surface area contributed by atoms with Crippen LogP contribution in [0.2, 0.25) is 5.02 Å². The third kappa shape index (κ3) is 4.59. The van der Waals surface area contributed by atoms with Gasteiger partial charge in [0.15, 0.2) is 5.60 Å². The summed E-state index contributed by atoms with van der Waals surface area (Å²) in [4.78, 5) is 11.4. The first-order valence-corrected chi connectivity index (χ1v) is 10.4. The van der Waals surface area contributed by atoms with Crippen LogP contribution in [0.4, 0.5) is 0 Å². The number of aromatic nitrogens is 1. The van der Waals surface area contributed by atoms with Crippen molar-refractivity contribution in [2.75, 3.05) is 0 Å². The predicted octanol–water partition coefficient (Wildman–Crippen LogP) is 6.04. The minimum atomic E-state index is -1.28. The van der Waals surface area contributed by atoms with E-state index in [-0.39, 0.29) is 0 Å². The molecule has 5 heteroatoms. The van der Waals surface area contributed by atoms with E-state index in [1.165, 1.54) is 16.8 Å². The molecule has 0 bridgehead atoms. The summed E-state index contributed by atoms with van der Waals surface area (Å²) in [5.41, 5.74) is 3.66. The first-order chi connectivity index (χ1) is 13.7. The summed E-state index contributed by atoms with van der Waals surface area (Å²) in [5, 5.41) is 11.3. The molecular weight excluding hydrogens is 386 g/mol. The highest BCUT2D eigenvalue weighted by atomic mass is 35.5. The third-order valence-corrected chi connectivity index (χ3v) is 5.59. The van der Waals surface area contributed by atoms with Crippen LogP contribution >= 0.6 is 11.6 Å². The van der Waals surface area contributed by atoms with Gasteiger partial charge in [-0.3, -0.25) is 0 Å². The summed E-state index contributed by atoms with van der Waals surface area (Å²) >= 11 is 6.00. The van der Waals surface area contributed by atoms with E-state index in [0.717, 1.165) is 41.7 Å². The molecule has 0 unspecified atom stereocenters. The summed E-state index contributed by atoms with van der Waals surface area (Å²) in [6.45, 7) is 8.41. The standard InChI is InChI=1S/C24H28ClNO3/c1-5-14-26-16(2)20(12-8-17-6-9-18(25)10-7-17)21-15-19(11-13-22(21)26)29-24(3,4)23(27)28/h6-7,9-11,13,15H,5,8,12,14H2,1-4H3,(H,27,28). The first kappa shape index (κ1) is 21.3. The minimum absolute atomic E-state index is 0.575. The number of ether oxygens (including phenoxy) is 1. The second-order valence-corrected chi connectivity index (χ2v) is 8.37. The third-order valence-electron chi connectivity index (χ3n) is 5.34. The van der Waals surface area contributed by atoms with Crippen LogP contribution in [0, 0.1) is 6.92 Å². The van der Waals surface area contributed by atoms with Crippen LogP contribution in [-0.2, 0) is 24.2 Å². The Morgan fingerprint density at radius 1 is 1.14 bits per heavy atom. The highest BCUT2D eigenvalue weighted by Gasteiger charge is 2.29. The van der Waals surface area contributed by atoms with E-state index in [2.05, 4.69) is 30.5 Å². The molecule has 0 aliphatic rings. The number of hydrogen-bond donors (Lipinski definition) is 1. The van der Waals surface area contributed by atoms with E-state index >= 15 is 0 Å². The van der Waals surface area contributed by atoms with E-state index in [4.69, 9.17) is 16.3 Å². The zero-order valence-electron chi connectivity index (χ0n) is 17.5. The Hall–Kier alpha value is -2.46. The van der Waals surface area contributed by atoms with Crippen molar-refractivity contribution in [2.45, 2.75) is 59.1 Å². The second-order valence-electron chi connectivity index (χ2n) is 7.94. The van der Waals surface area contributed by atoms with Crippen molar-refractivity contribution < 1.29 is 14.6 Å². The van der Waals surface area contributed by atoms with Gasteiger partial charge in [-0.05, 0) is 81.5 Å². The number of fused-ring (bicyclic) bond motifs is 1. The number of benzene rings is 2. The first-order valence-electron chi connectivity index (χ1n) is 10.0. The van der Waals surface area contributed by atoms with Crippen molar-refractivity contribution in [3.05, 3.63) is 64.3 Å². The number of carboxylic acid groups (broad SMARTS) is 1. The van der Waals surface area contributed by atoms with Crippen molar-refractivity contribution in [3.8, 4) is 5.75 Å². The van der Waals surface area contributed by atoms with Crippen LogP contribution in [0.25, 0.3) is 10.9 Å². The number of rotatable bonds is 8. The number of hydrogen-bond acceptors (Lipinski definition) is 2. The van der Waals surface area contributed by atoms with Gasteiger partial charge in [-0.1, -0.05) is 30.7 Å². The summed E-state index contributed by atoms with van der Waals surface area (Å²) in [5.74, 6) is -0.411. The van der Waals surface area contributed by atoms with Crippen LogP contribution < -0.4 is 4.74 Å². The fourth-order valence-corrected chi connectivity index (χ4v) is 3.81. The maximum atomic E-state index is 11.4. The average Bonchev–Trinajstić information content (AvgIpc) is 2.92. The fourth-order valence-electron chi connectivity index (χ4n) is 3.68. The lowest BCUT2D eigenvalue weighted by Gasteiger charge is -2.21. The van der Waals surface area contributed by atoms with Gasteiger partial charge in [0.05, 0.1) is 0 Å². The Bertz CT molecular complexity index is 1020. The topological polar surface area (TPSA) is 51.5 Å². The molecule has 0 atom stereocenters. The lowest BCUT2D eigenvalue weighted by molar-refractivity contribution is -0.152. The smallest absolute Gasteiger partial charge is 0.347 e. The van der Waals surface area contributed by atoms with Gasteiger partial charge in [0, 0.05) is 28.2 Å². The van der Waals surface area contributed by atoms with Crippen LogP contribution in [0.15, 0.2) is 42.5 Å². The number of aryl methyl sites for hydroxylation is 3. The largest absolute Gasteiger partial charge is 0.478 e. The van der Waals surface area contributed by atoms with Crippen molar-refractivity contribution in [2.24, 2.45) is 0 Å². The highest BCUT2D eigenvalue weighted by Crippen LogP contribution is 2.32. The summed E-state index contributed by atoms with van der Waals surface area (Å²) < 4.78 is 8.13. The fraction of sp³-hybridized carbons (Fsp3) is 0.375. The molecule has 0 fully saturated rings. The molecule has 1 N–H and O–H groups in total. The number of halogens is 1. The molecule has 3 rings (SSSR count). The van der Waals surface area contributed by atoms with Crippen molar-refractivity contribution >= 4 is 28.5 Å². The number of carboxylic acids is 1. The van der Waals surface area contributed by atoms with E-state index in [0.29, 0.717) is 5.75 Å². The number of aliphatic carboxylic acids is 1. The quantitative estimate of drug-likeness (QED) is 0.489. The van der Waals surface area contributed by atoms with Crippen LogP contribution in [0.1, 0.15) is 44.0 Å². The Kier molecular flexibility index (Phi) is 6.23. The normalized spacial score (nSPS) is 11.8. The van der Waals surface area contributed by atoms with Crippen molar-refractivity contribution in [3.63, 3.8) is 0 Å². The Balaban J connectivity index is 1.99. The molecule has 0 amide bonds. The Morgan fingerprint density at radius 3 is 2.45 bits per heavy atom. The molecule has 154 valence electrons. The summed E-state index contributed by atoms with van der Waals surface area (Å²) in [7, 11) is 0. The van der Waals surface area contributed by atoms with Gasteiger partial charge in [-0.25, -0.2) is 4.79 Å².